The van der Waals surface area contributed by atoms with Gasteiger partial charge >= 0.3 is 6.03 Å². The first-order chi connectivity index (χ1) is 12.0. The second-order valence-corrected chi connectivity index (χ2v) is 6.63. The fourth-order valence-corrected chi connectivity index (χ4v) is 2.67. The van der Waals surface area contributed by atoms with E-state index in [1.807, 2.05) is 29.7 Å². The van der Waals surface area contributed by atoms with Crippen molar-refractivity contribution >= 4 is 23.5 Å². The van der Waals surface area contributed by atoms with Crippen LogP contribution in [0.5, 0.6) is 5.75 Å². The number of hydrogen-bond donors (Lipinski definition) is 2. The summed E-state index contributed by atoms with van der Waals surface area (Å²) >= 11 is 1.08. The monoisotopic (exact) mass is 355 g/mol. The Kier molecular flexibility index (Phi) is 6.72. The molecule has 0 aliphatic carbocycles. The highest BCUT2D eigenvalue weighted by atomic mass is 32.2. The molecule has 2 rings (SSSR count). The van der Waals surface area contributed by atoms with E-state index in [1.165, 1.54) is 0 Å². The second-order valence-electron chi connectivity index (χ2n) is 5.77. The molecule has 0 spiro atoms. The normalized spacial score (nSPS) is 11.5. The first-order valence-corrected chi connectivity index (χ1v) is 8.80. The summed E-state index contributed by atoms with van der Waals surface area (Å²) in [6.45, 7) is 5.98. The third-order valence-corrected chi connectivity index (χ3v) is 4.05. The smallest absolute Gasteiger partial charge is 0.322 e. The maximum atomic E-state index is 12.1. The number of ether oxygens (including phenoxy) is 1. The van der Waals surface area contributed by atoms with Crippen LogP contribution in [0.3, 0.4) is 0 Å². The summed E-state index contributed by atoms with van der Waals surface area (Å²) < 4.78 is 5.85. The number of rotatable bonds is 6. The molecule has 0 saturated carbocycles. The molecule has 1 atom stereocenters. The Morgan fingerprint density at radius 2 is 1.80 bits per heavy atom. The lowest BCUT2D eigenvalue weighted by Crippen LogP contribution is -2.39. The van der Waals surface area contributed by atoms with Crippen molar-refractivity contribution in [3.8, 4) is 11.2 Å². The van der Waals surface area contributed by atoms with Gasteiger partial charge in [-0.15, -0.1) is 0 Å². The number of thiocyanates is 1. The summed E-state index contributed by atoms with van der Waals surface area (Å²) in [5.74, 6) is 1.10. The molecular formula is C19H21N3O2S. The number of carbonyl (C=O) groups excluding carboxylic acids is 1. The SMILES string of the molecule is CC(NC(=O)Nc1ccc(SC#N)cc1)Oc1ccccc1C(C)C. The molecule has 2 N–H and O–H groups in total. The maximum Gasteiger partial charge on any atom is 0.322 e. The van der Waals surface area contributed by atoms with Crippen LogP contribution in [0, 0.1) is 10.7 Å². The van der Waals surface area contributed by atoms with E-state index in [0.29, 0.717) is 11.6 Å². The van der Waals surface area contributed by atoms with Crippen molar-refractivity contribution in [3.05, 3.63) is 54.1 Å². The minimum atomic E-state index is -0.478. The van der Waals surface area contributed by atoms with Crippen LogP contribution in [0.4, 0.5) is 10.5 Å². The van der Waals surface area contributed by atoms with Crippen molar-refractivity contribution in [2.45, 2.75) is 37.8 Å². The molecule has 0 aliphatic heterocycles. The molecule has 0 heterocycles. The van der Waals surface area contributed by atoms with Crippen molar-refractivity contribution in [2.24, 2.45) is 0 Å². The number of nitrogens with zero attached hydrogens (tertiary/aromatic N) is 1. The highest BCUT2D eigenvalue weighted by Gasteiger charge is 2.12. The van der Waals surface area contributed by atoms with Crippen LogP contribution in [0.25, 0.3) is 0 Å². The molecule has 1 unspecified atom stereocenters. The fraction of sp³-hybridized carbons (Fsp3) is 0.263. The number of para-hydroxylation sites is 1. The minimum Gasteiger partial charge on any atom is -0.471 e. The van der Waals surface area contributed by atoms with E-state index in [4.69, 9.17) is 10.00 Å². The van der Waals surface area contributed by atoms with Crippen LogP contribution in [-0.4, -0.2) is 12.3 Å². The predicted molar refractivity (Wildman–Crippen MR) is 101 cm³/mol. The van der Waals surface area contributed by atoms with E-state index < -0.39 is 6.23 Å². The predicted octanol–water partition coefficient (Wildman–Crippen LogP) is 4.93. The van der Waals surface area contributed by atoms with Gasteiger partial charge in [0.15, 0.2) is 6.23 Å². The zero-order valence-electron chi connectivity index (χ0n) is 14.4. The number of carbonyl (C=O) groups is 1. The average Bonchev–Trinajstić information content (AvgIpc) is 2.57. The van der Waals surface area contributed by atoms with Gasteiger partial charge in [-0.05, 0) is 60.5 Å². The molecule has 0 bridgehead atoms. The van der Waals surface area contributed by atoms with Crippen molar-refractivity contribution in [2.75, 3.05) is 5.32 Å². The summed E-state index contributed by atoms with van der Waals surface area (Å²) in [5, 5.41) is 16.1. The Bertz CT molecular complexity index is 754. The molecule has 5 nitrogen and oxygen atoms in total. The van der Waals surface area contributed by atoms with E-state index in [1.54, 1.807) is 31.2 Å². The molecule has 2 amide bonds. The lowest BCUT2D eigenvalue weighted by molar-refractivity contribution is 0.181. The molecule has 0 aromatic heterocycles. The molecule has 25 heavy (non-hydrogen) atoms. The lowest BCUT2D eigenvalue weighted by Gasteiger charge is -2.20. The number of amides is 2. The average molecular weight is 355 g/mol. The minimum absolute atomic E-state index is 0.335. The van der Waals surface area contributed by atoms with Gasteiger partial charge in [0.25, 0.3) is 0 Å². The van der Waals surface area contributed by atoms with Crippen molar-refractivity contribution in [1.82, 2.24) is 5.32 Å². The summed E-state index contributed by atoms with van der Waals surface area (Å²) in [5.41, 5.74) is 1.75. The van der Waals surface area contributed by atoms with Gasteiger partial charge in [0.2, 0.25) is 0 Å². The van der Waals surface area contributed by atoms with Gasteiger partial charge in [-0.25, -0.2) is 4.79 Å². The quantitative estimate of drug-likeness (QED) is 0.438. The van der Waals surface area contributed by atoms with Gasteiger partial charge in [0, 0.05) is 10.6 Å². The molecule has 0 fully saturated rings. The van der Waals surface area contributed by atoms with Crippen LogP contribution in [0.1, 0.15) is 32.3 Å². The standard InChI is InChI=1S/C19H21N3O2S/c1-13(2)17-6-4-5-7-18(17)24-14(3)21-19(23)22-15-8-10-16(11-9-15)25-12-20/h4-11,13-14H,1-3H3,(H2,21,22,23). The zero-order chi connectivity index (χ0) is 18.2. The highest BCUT2D eigenvalue weighted by Crippen LogP contribution is 2.26. The van der Waals surface area contributed by atoms with Gasteiger partial charge < -0.3 is 15.4 Å². The Morgan fingerprint density at radius 1 is 1.12 bits per heavy atom. The first-order valence-electron chi connectivity index (χ1n) is 7.98. The molecule has 6 heteroatoms. The van der Waals surface area contributed by atoms with Crippen LogP contribution < -0.4 is 15.4 Å². The van der Waals surface area contributed by atoms with Crippen molar-refractivity contribution < 1.29 is 9.53 Å². The van der Waals surface area contributed by atoms with Crippen molar-refractivity contribution in [3.63, 3.8) is 0 Å². The molecule has 2 aromatic carbocycles. The topological polar surface area (TPSA) is 74.2 Å². The van der Waals surface area contributed by atoms with Crippen molar-refractivity contribution in [1.29, 1.82) is 5.26 Å². The van der Waals surface area contributed by atoms with E-state index in [9.17, 15) is 4.79 Å². The number of thioether (sulfide) groups is 1. The first kappa shape index (κ1) is 18.7. The molecule has 0 aliphatic rings. The zero-order valence-corrected chi connectivity index (χ0v) is 15.3. The molecular weight excluding hydrogens is 334 g/mol. The molecule has 2 aromatic rings. The van der Waals surface area contributed by atoms with E-state index in [2.05, 4.69) is 24.5 Å². The summed E-state index contributed by atoms with van der Waals surface area (Å²) in [6.07, 6.45) is -0.478. The Hall–Kier alpha value is -2.65. The van der Waals surface area contributed by atoms with Crippen LogP contribution in [0.2, 0.25) is 0 Å². The van der Waals surface area contributed by atoms with Crippen LogP contribution in [-0.2, 0) is 0 Å². The number of nitrogens with one attached hydrogen (secondary N) is 2. The Morgan fingerprint density at radius 3 is 2.44 bits per heavy atom. The maximum absolute atomic E-state index is 12.1. The third-order valence-electron chi connectivity index (χ3n) is 3.45. The van der Waals surface area contributed by atoms with Crippen LogP contribution in [0.15, 0.2) is 53.4 Å². The van der Waals surface area contributed by atoms with E-state index in [0.717, 1.165) is 28.0 Å². The highest BCUT2D eigenvalue weighted by molar-refractivity contribution is 8.03. The summed E-state index contributed by atoms with van der Waals surface area (Å²) in [6, 6.07) is 14.5. The summed E-state index contributed by atoms with van der Waals surface area (Å²) in [7, 11) is 0. The van der Waals surface area contributed by atoms with Gasteiger partial charge in [-0.2, -0.15) is 5.26 Å². The Labute approximate surface area is 152 Å². The van der Waals surface area contributed by atoms with Gasteiger partial charge in [-0.1, -0.05) is 32.0 Å². The van der Waals surface area contributed by atoms with Crippen LogP contribution >= 0.6 is 11.8 Å². The number of hydrogen-bond acceptors (Lipinski definition) is 4. The number of benzene rings is 2. The van der Waals surface area contributed by atoms with Gasteiger partial charge in [0.05, 0.1) is 0 Å². The molecule has 130 valence electrons. The molecule has 0 saturated heterocycles. The lowest BCUT2D eigenvalue weighted by atomic mass is 10.0. The number of urea groups is 1. The Balaban J connectivity index is 1.91. The fourth-order valence-electron chi connectivity index (χ4n) is 2.30. The van der Waals surface area contributed by atoms with E-state index in [-0.39, 0.29) is 6.03 Å². The number of anilines is 1. The molecule has 0 radical (unpaired) electrons. The van der Waals surface area contributed by atoms with Gasteiger partial charge in [0.1, 0.15) is 11.2 Å². The third kappa shape index (κ3) is 5.73. The summed E-state index contributed by atoms with van der Waals surface area (Å²) in [4.78, 5) is 12.9. The second kappa shape index (κ2) is 9.00. The number of nitriles is 1. The van der Waals surface area contributed by atoms with Gasteiger partial charge in [-0.3, -0.25) is 0 Å². The largest absolute Gasteiger partial charge is 0.471 e. The van der Waals surface area contributed by atoms with E-state index >= 15 is 0 Å².